The molecule has 8 heteroatoms. The highest BCUT2D eigenvalue weighted by Crippen LogP contribution is 2.31. The molecule has 2 aromatic carbocycles. The standard InChI is InChI=1S/C20H23N3O5/c1-13-8-6-9-14(12-13)18(24)22(21-20(2,3)4)19(25)15-10-7-11-16(28-5)17(15)23(26)27/h6-12,21H,1-5H3. The van der Waals surface area contributed by atoms with Crippen molar-refractivity contribution in [1.82, 2.24) is 10.4 Å². The minimum absolute atomic E-state index is 0.0606. The lowest BCUT2D eigenvalue weighted by molar-refractivity contribution is -0.386. The molecule has 0 bridgehead atoms. The van der Waals surface area contributed by atoms with E-state index in [0.29, 0.717) is 0 Å². The van der Waals surface area contributed by atoms with Gasteiger partial charge in [-0.05, 0) is 52.0 Å². The largest absolute Gasteiger partial charge is 0.490 e. The molecule has 0 aromatic heterocycles. The molecule has 0 aliphatic rings. The Hall–Kier alpha value is -3.26. The number of aryl methyl sites for hydroxylation is 1. The maximum Gasteiger partial charge on any atom is 0.323 e. The summed E-state index contributed by atoms with van der Waals surface area (Å²) in [5.41, 5.74) is 2.59. The number of amides is 2. The zero-order valence-electron chi connectivity index (χ0n) is 16.5. The molecule has 0 atom stereocenters. The van der Waals surface area contributed by atoms with E-state index >= 15 is 0 Å². The van der Waals surface area contributed by atoms with Gasteiger partial charge in [-0.2, -0.15) is 0 Å². The Kier molecular flexibility index (Phi) is 6.15. The van der Waals surface area contributed by atoms with Crippen molar-refractivity contribution in [2.75, 3.05) is 7.11 Å². The van der Waals surface area contributed by atoms with Gasteiger partial charge in [-0.1, -0.05) is 23.8 Å². The number of hydrogen-bond donors (Lipinski definition) is 1. The Morgan fingerprint density at radius 1 is 1.11 bits per heavy atom. The number of rotatable bonds is 5. The average molecular weight is 385 g/mol. The number of benzene rings is 2. The summed E-state index contributed by atoms with van der Waals surface area (Å²) in [6.07, 6.45) is 0. The van der Waals surface area contributed by atoms with Crippen molar-refractivity contribution in [2.45, 2.75) is 33.2 Å². The van der Waals surface area contributed by atoms with E-state index in [-0.39, 0.29) is 16.9 Å². The Morgan fingerprint density at radius 2 is 1.75 bits per heavy atom. The first kappa shape index (κ1) is 21.0. The summed E-state index contributed by atoms with van der Waals surface area (Å²) in [5.74, 6) is -1.51. The highest BCUT2D eigenvalue weighted by molar-refractivity contribution is 6.11. The highest BCUT2D eigenvalue weighted by atomic mass is 16.6. The first-order valence-electron chi connectivity index (χ1n) is 8.60. The van der Waals surface area contributed by atoms with Crippen molar-refractivity contribution in [3.8, 4) is 5.75 Å². The van der Waals surface area contributed by atoms with E-state index in [1.807, 2.05) is 13.0 Å². The van der Waals surface area contributed by atoms with Gasteiger partial charge in [0.1, 0.15) is 5.56 Å². The second-order valence-corrected chi connectivity index (χ2v) is 7.29. The van der Waals surface area contributed by atoms with Crippen LogP contribution in [-0.2, 0) is 0 Å². The molecule has 0 aliphatic heterocycles. The molecule has 0 heterocycles. The Bertz CT molecular complexity index is 918. The van der Waals surface area contributed by atoms with Gasteiger partial charge >= 0.3 is 5.69 Å². The minimum atomic E-state index is -0.841. The smallest absolute Gasteiger partial charge is 0.323 e. The van der Waals surface area contributed by atoms with Crippen molar-refractivity contribution in [2.24, 2.45) is 0 Å². The van der Waals surface area contributed by atoms with Gasteiger partial charge in [0, 0.05) is 11.1 Å². The zero-order chi connectivity index (χ0) is 21.1. The first-order valence-corrected chi connectivity index (χ1v) is 8.60. The third-order valence-corrected chi connectivity index (χ3v) is 3.75. The predicted molar refractivity (Wildman–Crippen MR) is 104 cm³/mol. The highest BCUT2D eigenvalue weighted by Gasteiger charge is 2.34. The van der Waals surface area contributed by atoms with Gasteiger partial charge in [0.15, 0.2) is 5.75 Å². The van der Waals surface area contributed by atoms with Crippen LogP contribution in [0, 0.1) is 17.0 Å². The van der Waals surface area contributed by atoms with Gasteiger partial charge in [0.25, 0.3) is 11.8 Å². The molecular formula is C20H23N3O5. The van der Waals surface area contributed by atoms with E-state index in [1.165, 1.54) is 25.3 Å². The third kappa shape index (κ3) is 4.72. The lowest BCUT2D eigenvalue weighted by Crippen LogP contribution is -2.54. The van der Waals surface area contributed by atoms with Crippen LogP contribution in [0.2, 0.25) is 0 Å². The minimum Gasteiger partial charge on any atom is -0.490 e. The second-order valence-electron chi connectivity index (χ2n) is 7.29. The van der Waals surface area contributed by atoms with E-state index in [2.05, 4.69) is 5.43 Å². The summed E-state index contributed by atoms with van der Waals surface area (Å²) in [7, 11) is 1.28. The molecule has 0 spiro atoms. The average Bonchev–Trinajstić information content (AvgIpc) is 2.63. The van der Waals surface area contributed by atoms with Crippen molar-refractivity contribution >= 4 is 17.5 Å². The number of carbonyl (C=O) groups is 2. The number of imide groups is 1. The Labute approximate surface area is 163 Å². The van der Waals surface area contributed by atoms with Crippen LogP contribution in [-0.4, -0.2) is 34.4 Å². The fourth-order valence-electron chi connectivity index (χ4n) is 2.60. The number of para-hydroxylation sites is 1. The molecule has 2 rings (SSSR count). The molecule has 1 N–H and O–H groups in total. The van der Waals surface area contributed by atoms with Crippen LogP contribution in [0.1, 0.15) is 47.1 Å². The van der Waals surface area contributed by atoms with Gasteiger partial charge < -0.3 is 4.74 Å². The maximum atomic E-state index is 13.2. The summed E-state index contributed by atoms with van der Waals surface area (Å²) < 4.78 is 5.02. The summed E-state index contributed by atoms with van der Waals surface area (Å²) >= 11 is 0. The molecule has 2 aromatic rings. The van der Waals surface area contributed by atoms with Crippen molar-refractivity contribution < 1.29 is 19.2 Å². The van der Waals surface area contributed by atoms with Gasteiger partial charge in [-0.25, -0.2) is 10.4 Å². The number of nitrogens with zero attached hydrogens (tertiary/aromatic N) is 2. The predicted octanol–water partition coefficient (Wildman–Crippen LogP) is 3.50. The summed E-state index contributed by atoms with van der Waals surface area (Å²) in [6.45, 7) is 7.15. The number of hydrazine groups is 1. The van der Waals surface area contributed by atoms with E-state index in [1.54, 1.807) is 39.0 Å². The van der Waals surface area contributed by atoms with Gasteiger partial charge in [0.2, 0.25) is 0 Å². The number of nitrogens with one attached hydrogen (secondary N) is 1. The number of nitro benzene ring substituents is 1. The molecule has 2 amide bonds. The van der Waals surface area contributed by atoms with Crippen LogP contribution >= 0.6 is 0 Å². The molecule has 0 saturated heterocycles. The molecule has 148 valence electrons. The van der Waals surface area contributed by atoms with Crippen LogP contribution in [0.15, 0.2) is 42.5 Å². The number of ether oxygens (including phenoxy) is 1. The fraction of sp³-hybridized carbons (Fsp3) is 0.300. The second kappa shape index (κ2) is 8.18. The molecule has 0 unspecified atom stereocenters. The SMILES string of the molecule is COc1cccc(C(=O)N(NC(C)(C)C)C(=O)c2cccc(C)c2)c1[N+](=O)[O-]. The van der Waals surface area contributed by atoms with E-state index in [0.717, 1.165) is 10.6 Å². The maximum absolute atomic E-state index is 13.2. The molecular weight excluding hydrogens is 362 g/mol. The van der Waals surface area contributed by atoms with E-state index in [9.17, 15) is 19.7 Å². The van der Waals surface area contributed by atoms with E-state index in [4.69, 9.17) is 4.74 Å². The van der Waals surface area contributed by atoms with Crippen LogP contribution in [0.4, 0.5) is 5.69 Å². The molecule has 0 radical (unpaired) electrons. The normalized spacial score (nSPS) is 11.0. The van der Waals surface area contributed by atoms with Crippen LogP contribution in [0.3, 0.4) is 0 Å². The van der Waals surface area contributed by atoms with E-state index < -0.39 is 28.0 Å². The monoisotopic (exact) mass is 385 g/mol. The fourth-order valence-corrected chi connectivity index (χ4v) is 2.60. The number of methoxy groups -OCH3 is 1. The topological polar surface area (TPSA) is 102 Å². The number of carbonyl (C=O) groups excluding carboxylic acids is 2. The number of hydrogen-bond acceptors (Lipinski definition) is 6. The molecule has 28 heavy (non-hydrogen) atoms. The lowest BCUT2D eigenvalue weighted by Gasteiger charge is -2.30. The molecule has 0 fully saturated rings. The first-order chi connectivity index (χ1) is 13.0. The lowest BCUT2D eigenvalue weighted by atomic mass is 10.1. The van der Waals surface area contributed by atoms with Crippen molar-refractivity contribution in [3.05, 3.63) is 69.3 Å². The van der Waals surface area contributed by atoms with Crippen LogP contribution < -0.4 is 10.2 Å². The summed E-state index contributed by atoms with van der Waals surface area (Å²) in [5, 5.41) is 12.4. The van der Waals surface area contributed by atoms with Gasteiger partial charge in [0.05, 0.1) is 12.0 Å². The van der Waals surface area contributed by atoms with Crippen LogP contribution in [0.5, 0.6) is 5.75 Å². The molecule has 8 nitrogen and oxygen atoms in total. The number of nitro groups is 1. The molecule has 0 aliphatic carbocycles. The van der Waals surface area contributed by atoms with Gasteiger partial charge in [-0.15, -0.1) is 0 Å². The van der Waals surface area contributed by atoms with Crippen molar-refractivity contribution in [1.29, 1.82) is 0 Å². The summed E-state index contributed by atoms with van der Waals surface area (Å²) in [4.78, 5) is 37.1. The molecule has 0 saturated carbocycles. The Balaban J connectivity index is 2.57. The zero-order valence-corrected chi connectivity index (χ0v) is 16.5. The van der Waals surface area contributed by atoms with Gasteiger partial charge in [-0.3, -0.25) is 19.7 Å². The quantitative estimate of drug-likeness (QED) is 0.480. The Morgan fingerprint density at radius 3 is 2.29 bits per heavy atom. The third-order valence-electron chi connectivity index (χ3n) is 3.75. The van der Waals surface area contributed by atoms with Crippen molar-refractivity contribution in [3.63, 3.8) is 0 Å². The summed E-state index contributed by atoms with van der Waals surface area (Å²) in [6, 6.07) is 10.9. The van der Waals surface area contributed by atoms with Crippen LogP contribution in [0.25, 0.3) is 0 Å².